The number of carbonyl (C=O) groups excluding carboxylic acids is 1. The van der Waals surface area contributed by atoms with Crippen LogP contribution < -0.4 is 31.9 Å². The number of amides is 2. The third-order valence-corrected chi connectivity index (χ3v) is 5.07. The summed E-state index contributed by atoms with van der Waals surface area (Å²) >= 11 is 0. The van der Waals surface area contributed by atoms with Crippen molar-refractivity contribution >= 4 is 23.3 Å². The van der Waals surface area contributed by atoms with E-state index >= 15 is 0 Å². The number of aliphatic imine (C=N–C) groups is 1. The Hall–Kier alpha value is -3.76. The van der Waals surface area contributed by atoms with Crippen molar-refractivity contribution in [1.82, 2.24) is 5.01 Å². The first kappa shape index (κ1) is 25.5. The van der Waals surface area contributed by atoms with Crippen molar-refractivity contribution in [2.45, 2.75) is 20.5 Å². The standard InChI is InChI=1S/C23H32N6O4/c1-14-12-16(21(24)15(2)22(27-3)32-6)10-11-19(14)33-13-17-18(8-7-9-20(17)31-5)29(26)23(30)28(4)25/h7-12H,13,24-26H2,1-6H3. The molecule has 0 radical (unpaired) electrons. The van der Waals surface area contributed by atoms with Gasteiger partial charge >= 0.3 is 6.03 Å². The molecule has 0 saturated heterocycles. The summed E-state index contributed by atoms with van der Waals surface area (Å²) in [7, 11) is 6.14. The SMILES string of the molecule is CN=C(OC)C(C)=C(N)c1ccc(OCc2c(OC)cccc2N(N)C(=O)N(C)N)c(C)c1. The van der Waals surface area contributed by atoms with Crippen molar-refractivity contribution in [1.29, 1.82) is 0 Å². The van der Waals surface area contributed by atoms with Crippen LogP contribution >= 0.6 is 0 Å². The van der Waals surface area contributed by atoms with Gasteiger partial charge in [0.2, 0.25) is 5.90 Å². The number of carbonyl (C=O) groups is 1. The fraction of sp³-hybridized carbons (Fsp3) is 0.304. The number of nitrogens with zero attached hydrogens (tertiary/aromatic N) is 3. The molecule has 2 aromatic carbocycles. The highest BCUT2D eigenvalue weighted by Gasteiger charge is 2.21. The van der Waals surface area contributed by atoms with Crippen molar-refractivity contribution in [3.63, 3.8) is 0 Å². The average Bonchev–Trinajstić information content (AvgIpc) is 2.82. The van der Waals surface area contributed by atoms with Gasteiger partial charge in [-0.15, -0.1) is 0 Å². The molecule has 2 aromatic rings. The van der Waals surface area contributed by atoms with Crippen LogP contribution in [-0.2, 0) is 11.3 Å². The summed E-state index contributed by atoms with van der Waals surface area (Å²) in [5.74, 6) is 13.2. The zero-order valence-electron chi connectivity index (χ0n) is 19.9. The van der Waals surface area contributed by atoms with Gasteiger partial charge in [-0.05, 0) is 55.3 Å². The molecule has 6 N–H and O–H groups in total. The van der Waals surface area contributed by atoms with E-state index in [9.17, 15) is 4.79 Å². The van der Waals surface area contributed by atoms with E-state index in [1.54, 1.807) is 32.4 Å². The molecule has 0 heterocycles. The lowest BCUT2D eigenvalue weighted by molar-refractivity contribution is 0.216. The maximum atomic E-state index is 12.3. The minimum absolute atomic E-state index is 0.107. The normalized spacial score (nSPS) is 12.1. The maximum Gasteiger partial charge on any atom is 0.352 e. The molecule has 2 amide bonds. The van der Waals surface area contributed by atoms with E-state index in [-0.39, 0.29) is 6.61 Å². The number of methoxy groups -OCH3 is 2. The van der Waals surface area contributed by atoms with Gasteiger partial charge in [-0.1, -0.05) is 6.07 Å². The minimum atomic E-state index is -0.589. The van der Waals surface area contributed by atoms with Crippen LogP contribution in [0.4, 0.5) is 10.5 Å². The second-order valence-electron chi connectivity index (χ2n) is 7.26. The third-order valence-electron chi connectivity index (χ3n) is 5.07. The number of ether oxygens (including phenoxy) is 3. The zero-order chi connectivity index (χ0) is 24.7. The summed E-state index contributed by atoms with van der Waals surface area (Å²) in [6.07, 6.45) is 0. The summed E-state index contributed by atoms with van der Waals surface area (Å²) in [6.45, 7) is 3.87. The number of nitrogens with two attached hydrogens (primary N) is 3. The second-order valence-corrected chi connectivity index (χ2v) is 7.26. The molecule has 33 heavy (non-hydrogen) atoms. The average molecular weight is 457 g/mol. The first-order chi connectivity index (χ1) is 15.7. The molecular formula is C23H32N6O4. The smallest absolute Gasteiger partial charge is 0.352 e. The van der Waals surface area contributed by atoms with Crippen LogP contribution in [-0.4, -0.2) is 45.3 Å². The molecule has 178 valence electrons. The van der Waals surface area contributed by atoms with E-state index in [1.165, 1.54) is 14.2 Å². The van der Waals surface area contributed by atoms with Crippen LogP contribution in [0.25, 0.3) is 5.70 Å². The molecule has 0 aliphatic carbocycles. The van der Waals surface area contributed by atoms with Crippen LogP contribution in [0.15, 0.2) is 47.0 Å². The molecule has 0 atom stereocenters. The van der Waals surface area contributed by atoms with Gasteiger partial charge in [0.25, 0.3) is 0 Å². The molecule has 0 aromatic heterocycles. The van der Waals surface area contributed by atoms with Crippen LogP contribution in [0, 0.1) is 6.92 Å². The number of hydrogen-bond donors (Lipinski definition) is 3. The molecular weight excluding hydrogens is 424 g/mol. The van der Waals surface area contributed by atoms with Gasteiger partial charge in [-0.2, -0.15) is 0 Å². The molecule has 0 bridgehead atoms. The van der Waals surface area contributed by atoms with Crippen molar-refractivity contribution in [3.05, 3.63) is 58.7 Å². The molecule has 10 nitrogen and oxygen atoms in total. The Labute approximate surface area is 194 Å². The van der Waals surface area contributed by atoms with E-state index < -0.39 is 6.03 Å². The number of rotatable bonds is 7. The predicted molar refractivity (Wildman–Crippen MR) is 130 cm³/mol. The van der Waals surface area contributed by atoms with Crippen LogP contribution in [0.1, 0.15) is 23.6 Å². The first-order valence-electron chi connectivity index (χ1n) is 10.1. The number of hydrogen-bond acceptors (Lipinski definition) is 8. The van der Waals surface area contributed by atoms with Gasteiger partial charge in [0.05, 0.1) is 25.5 Å². The van der Waals surface area contributed by atoms with E-state index in [4.69, 9.17) is 31.6 Å². The van der Waals surface area contributed by atoms with Crippen molar-refractivity contribution in [2.24, 2.45) is 22.4 Å². The summed E-state index contributed by atoms with van der Waals surface area (Å²) < 4.78 is 16.8. The second kappa shape index (κ2) is 11.2. The first-order valence-corrected chi connectivity index (χ1v) is 10.1. The Balaban J connectivity index is 2.34. The van der Waals surface area contributed by atoms with Gasteiger partial charge in [0, 0.05) is 25.4 Å². The van der Waals surface area contributed by atoms with Crippen molar-refractivity contribution < 1.29 is 19.0 Å². The molecule has 10 heteroatoms. The Morgan fingerprint density at radius 2 is 1.82 bits per heavy atom. The zero-order valence-corrected chi connectivity index (χ0v) is 19.9. The molecule has 0 aliphatic rings. The monoisotopic (exact) mass is 456 g/mol. The van der Waals surface area contributed by atoms with E-state index in [0.717, 1.165) is 26.7 Å². The lowest BCUT2D eigenvalue weighted by Crippen LogP contribution is -2.49. The number of urea groups is 1. The summed E-state index contributed by atoms with van der Waals surface area (Å²) in [6, 6.07) is 10.2. The van der Waals surface area contributed by atoms with E-state index in [2.05, 4.69) is 4.99 Å². The minimum Gasteiger partial charge on any atom is -0.496 e. The van der Waals surface area contributed by atoms with Crippen molar-refractivity contribution in [2.75, 3.05) is 33.3 Å². The van der Waals surface area contributed by atoms with Gasteiger partial charge in [0.15, 0.2) is 0 Å². The highest BCUT2D eigenvalue weighted by Crippen LogP contribution is 2.31. The van der Waals surface area contributed by atoms with Gasteiger partial charge in [-0.25, -0.2) is 21.5 Å². The van der Waals surface area contributed by atoms with Crippen LogP contribution in [0.2, 0.25) is 0 Å². The molecule has 0 fully saturated rings. The molecule has 0 saturated carbocycles. The largest absolute Gasteiger partial charge is 0.496 e. The Bertz CT molecular complexity index is 1060. The Morgan fingerprint density at radius 1 is 1.12 bits per heavy atom. The molecule has 2 rings (SSSR count). The van der Waals surface area contributed by atoms with Crippen molar-refractivity contribution in [3.8, 4) is 11.5 Å². The summed E-state index contributed by atoms with van der Waals surface area (Å²) in [5.41, 5.74) is 10.3. The predicted octanol–water partition coefficient (Wildman–Crippen LogP) is 2.55. The van der Waals surface area contributed by atoms with E-state index in [0.29, 0.717) is 34.3 Å². The van der Waals surface area contributed by atoms with Crippen LogP contribution in [0.3, 0.4) is 0 Å². The number of benzene rings is 2. The van der Waals surface area contributed by atoms with Gasteiger partial charge < -0.3 is 19.9 Å². The summed E-state index contributed by atoms with van der Waals surface area (Å²) in [5, 5.41) is 1.85. The van der Waals surface area contributed by atoms with Gasteiger partial charge in [-0.3, -0.25) is 10.0 Å². The third kappa shape index (κ3) is 5.73. The van der Waals surface area contributed by atoms with Gasteiger partial charge in [0.1, 0.15) is 18.1 Å². The number of hydrazine groups is 2. The lowest BCUT2D eigenvalue weighted by Gasteiger charge is -2.24. The Kier molecular flexibility index (Phi) is 8.66. The number of aryl methyl sites for hydroxylation is 1. The lowest BCUT2D eigenvalue weighted by atomic mass is 10.0. The number of anilines is 1. The Morgan fingerprint density at radius 3 is 2.36 bits per heavy atom. The highest BCUT2D eigenvalue weighted by molar-refractivity contribution is 6.00. The summed E-state index contributed by atoms with van der Waals surface area (Å²) in [4.78, 5) is 16.3. The highest BCUT2D eigenvalue weighted by atomic mass is 16.5. The molecule has 0 spiro atoms. The maximum absolute atomic E-state index is 12.3. The van der Waals surface area contributed by atoms with Crippen LogP contribution in [0.5, 0.6) is 11.5 Å². The topological polar surface area (TPSA) is 142 Å². The fourth-order valence-electron chi connectivity index (χ4n) is 3.26. The molecule has 0 aliphatic heterocycles. The van der Waals surface area contributed by atoms with E-state index in [1.807, 2.05) is 32.0 Å². The molecule has 0 unspecified atom stereocenters. The quantitative estimate of drug-likeness (QED) is 0.191. The fourth-order valence-corrected chi connectivity index (χ4v) is 3.26.